The third-order valence-electron chi connectivity index (χ3n) is 3.61. The molecule has 0 bridgehead atoms. The molecule has 0 radical (unpaired) electrons. The predicted octanol–water partition coefficient (Wildman–Crippen LogP) is 2.96. The Hall–Kier alpha value is -1.15. The number of piperidine rings is 1. The van der Waals surface area contributed by atoms with Crippen molar-refractivity contribution in [2.75, 3.05) is 13.1 Å². The maximum Gasteiger partial charge on any atom is 0.162 e. The van der Waals surface area contributed by atoms with E-state index in [1.54, 1.807) is 0 Å². The number of aryl methyl sites for hydroxylation is 1. The molecule has 1 fully saturated rings. The fourth-order valence-electron chi connectivity index (χ4n) is 2.39. The predicted molar refractivity (Wildman–Crippen MR) is 70.3 cm³/mol. The van der Waals surface area contributed by atoms with Crippen molar-refractivity contribution < 1.29 is 4.79 Å². The summed E-state index contributed by atoms with van der Waals surface area (Å²) in [5, 5.41) is 3.36. The van der Waals surface area contributed by atoms with Gasteiger partial charge in [-0.05, 0) is 45.2 Å². The Kier molecular flexibility index (Phi) is 4.32. The first-order chi connectivity index (χ1) is 8.25. The van der Waals surface area contributed by atoms with Crippen LogP contribution in [0.5, 0.6) is 0 Å². The minimum atomic E-state index is 0.295. The Morgan fingerprint density at radius 3 is 2.53 bits per heavy atom. The average Bonchev–Trinajstić information content (AvgIpc) is 2.38. The lowest BCUT2D eigenvalue weighted by atomic mass is 9.91. The minimum Gasteiger partial charge on any atom is -0.317 e. The first kappa shape index (κ1) is 12.3. The highest BCUT2D eigenvalue weighted by molar-refractivity contribution is 5.96. The number of carbonyl (C=O) groups is 1. The number of nitrogens with one attached hydrogen (secondary N) is 1. The van der Waals surface area contributed by atoms with Crippen LogP contribution >= 0.6 is 0 Å². The van der Waals surface area contributed by atoms with Crippen molar-refractivity contribution in [3.05, 3.63) is 35.4 Å². The van der Waals surface area contributed by atoms with Gasteiger partial charge in [-0.25, -0.2) is 0 Å². The zero-order valence-corrected chi connectivity index (χ0v) is 10.5. The fraction of sp³-hybridized carbons (Fsp3) is 0.533. The van der Waals surface area contributed by atoms with Gasteiger partial charge in [0.25, 0.3) is 0 Å². The molecule has 1 saturated heterocycles. The highest BCUT2D eigenvalue weighted by Crippen LogP contribution is 2.19. The Labute approximate surface area is 103 Å². The van der Waals surface area contributed by atoms with Crippen LogP contribution in [-0.2, 0) is 0 Å². The van der Waals surface area contributed by atoms with Crippen molar-refractivity contribution >= 4 is 5.78 Å². The van der Waals surface area contributed by atoms with Crippen LogP contribution in [0.1, 0.15) is 41.6 Å². The quantitative estimate of drug-likeness (QED) is 0.807. The van der Waals surface area contributed by atoms with Gasteiger partial charge < -0.3 is 5.32 Å². The third-order valence-corrected chi connectivity index (χ3v) is 3.61. The molecule has 1 heterocycles. The van der Waals surface area contributed by atoms with Gasteiger partial charge in [-0.3, -0.25) is 4.79 Å². The minimum absolute atomic E-state index is 0.295. The van der Waals surface area contributed by atoms with E-state index < -0.39 is 0 Å². The lowest BCUT2D eigenvalue weighted by Gasteiger charge is -2.22. The molecule has 17 heavy (non-hydrogen) atoms. The van der Waals surface area contributed by atoms with Crippen LogP contribution in [0.2, 0.25) is 0 Å². The van der Waals surface area contributed by atoms with Gasteiger partial charge in [-0.15, -0.1) is 0 Å². The van der Waals surface area contributed by atoms with E-state index in [1.807, 2.05) is 31.2 Å². The zero-order chi connectivity index (χ0) is 12.1. The van der Waals surface area contributed by atoms with Crippen molar-refractivity contribution in [3.8, 4) is 0 Å². The van der Waals surface area contributed by atoms with E-state index in [4.69, 9.17) is 0 Å². The van der Waals surface area contributed by atoms with E-state index in [-0.39, 0.29) is 0 Å². The first-order valence-corrected chi connectivity index (χ1v) is 6.56. The second kappa shape index (κ2) is 5.97. The summed E-state index contributed by atoms with van der Waals surface area (Å²) in [5.74, 6) is 1.04. The largest absolute Gasteiger partial charge is 0.317 e. The molecule has 0 aromatic heterocycles. The topological polar surface area (TPSA) is 29.1 Å². The molecule has 1 aromatic carbocycles. The summed E-state index contributed by atoms with van der Waals surface area (Å²) >= 11 is 0. The SMILES string of the molecule is Cc1ccc(C(=O)CCC2CCNCC2)cc1. The van der Waals surface area contributed by atoms with Crippen LogP contribution in [0.3, 0.4) is 0 Å². The first-order valence-electron chi connectivity index (χ1n) is 6.56. The number of hydrogen-bond acceptors (Lipinski definition) is 2. The Balaban J connectivity index is 1.82. The standard InChI is InChI=1S/C15H21NO/c1-12-2-5-14(6-3-12)15(17)7-4-13-8-10-16-11-9-13/h2-3,5-6,13,16H,4,7-11H2,1H3. The number of hydrogen-bond donors (Lipinski definition) is 1. The Morgan fingerprint density at radius 1 is 1.24 bits per heavy atom. The third kappa shape index (κ3) is 3.67. The van der Waals surface area contributed by atoms with Crippen molar-refractivity contribution in [2.24, 2.45) is 5.92 Å². The summed E-state index contributed by atoms with van der Waals surface area (Å²) in [6.45, 7) is 4.27. The smallest absolute Gasteiger partial charge is 0.162 e. The summed E-state index contributed by atoms with van der Waals surface area (Å²) in [6.07, 6.45) is 4.20. The normalized spacial score (nSPS) is 17.0. The lowest BCUT2D eigenvalue weighted by Crippen LogP contribution is -2.27. The molecular formula is C15H21NO. The maximum absolute atomic E-state index is 12.0. The van der Waals surface area contributed by atoms with Crippen molar-refractivity contribution in [1.82, 2.24) is 5.32 Å². The van der Waals surface area contributed by atoms with Crippen LogP contribution in [0, 0.1) is 12.8 Å². The molecule has 2 rings (SSSR count). The van der Waals surface area contributed by atoms with E-state index in [1.165, 1.54) is 18.4 Å². The van der Waals surface area contributed by atoms with Crippen molar-refractivity contribution in [3.63, 3.8) is 0 Å². The number of ketones is 1. The summed E-state index contributed by atoms with van der Waals surface area (Å²) in [6, 6.07) is 7.91. The molecular weight excluding hydrogens is 210 g/mol. The summed E-state index contributed by atoms with van der Waals surface area (Å²) < 4.78 is 0. The van der Waals surface area contributed by atoms with Crippen molar-refractivity contribution in [2.45, 2.75) is 32.6 Å². The lowest BCUT2D eigenvalue weighted by molar-refractivity contribution is 0.0971. The number of benzene rings is 1. The Morgan fingerprint density at radius 2 is 1.88 bits per heavy atom. The van der Waals surface area contributed by atoms with Crippen LogP contribution < -0.4 is 5.32 Å². The molecule has 1 N–H and O–H groups in total. The molecule has 0 spiro atoms. The molecule has 2 nitrogen and oxygen atoms in total. The van der Waals surface area contributed by atoms with Gasteiger partial charge in [0.2, 0.25) is 0 Å². The van der Waals surface area contributed by atoms with Crippen molar-refractivity contribution in [1.29, 1.82) is 0 Å². The average molecular weight is 231 g/mol. The van der Waals surface area contributed by atoms with E-state index >= 15 is 0 Å². The van der Waals surface area contributed by atoms with E-state index in [0.717, 1.165) is 31.0 Å². The van der Waals surface area contributed by atoms with Gasteiger partial charge >= 0.3 is 0 Å². The fourth-order valence-corrected chi connectivity index (χ4v) is 2.39. The number of rotatable bonds is 4. The Bertz CT molecular complexity index is 363. The van der Waals surface area contributed by atoms with E-state index in [9.17, 15) is 4.79 Å². The van der Waals surface area contributed by atoms with Crippen LogP contribution in [0.15, 0.2) is 24.3 Å². The van der Waals surface area contributed by atoms with Gasteiger partial charge in [0.05, 0.1) is 0 Å². The van der Waals surface area contributed by atoms with E-state index in [0.29, 0.717) is 12.2 Å². The van der Waals surface area contributed by atoms with Gasteiger partial charge in [0, 0.05) is 12.0 Å². The van der Waals surface area contributed by atoms with Gasteiger partial charge in [-0.1, -0.05) is 29.8 Å². The highest BCUT2D eigenvalue weighted by atomic mass is 16.1. The second-order valence-corrected chi connectivity index (χ2v) is 5.02. The van der Waals surface area contributed by atoms with Crippen LogP contribution in [0.4, 0.5) is 0 Å². The van der Waals surface area contributed by atoms with Crippen LogP contribution in [-0.4, -0.2) is 18.9 Å². The second-order valence-electron chi connectivity index (χ2n) is 5.02. The summed E-state index contributed by atoms with van der Waals surface area (Å²) in [7, 11) is 0. The molecule has 0 saturated carbocycles. The van der Waals surface area contributed by atoms with Gasteiger partial charge in [0.15, 0.2) is 5.78 Å². The molecule has 0 aliphatic carbocycles. The summed E-state index contributed by atoms with van der Waals surface area (Å²) in [5.41, 5.74) is 2.07. The molecule has 0 atom stereocenters. The molecule has 1 aliphatic rings. The number of Topliss-reactive ketones (excluding diaryl/α,β-unsaturated/α-hetero) is 1. The maximum atomic E-state index is 12.0. The monoisotopic (exact) mass is 231 g/mol. The zero-order valence-electron chi connectivity index (χ0n) is 10.5. The molecule has 0 amide bonds. The molecule has 1 aliphatic heterocycles. The van der Waals surface area contributed by atoms with Gasteiger partial charge in [-0.2, -0.15) is 0 Å². The van der Waals surface area contributed by atoms with Gasteiger partial charge in [0.1, 0.15) is 0 Å². The molecule has 92 valence electrons. The highest BCUT2D eigenvalue weighted by Gasteiger charge is 2.15. The molecule has 0 unspecified atom stereocenters. The molecule has 2 heteroatoms. The summed E-state index contributed by atoms with van der Waals surface area (Å²) in [4.78, 5) is 12.0. The number of carbonyl (C=O) groups excluding carboxylic acids is 1. The van der Waals surface area contributed by atoms with Crippen LogP contribution in [0.25, 0.3) is 0 Å². The molecule has 1 aromatic rings. The van der Waals surface area contributed by atoms with E-state index in [2.05, 4.69) is 5.32 Å².